The van der Waals surface area contributed by atoms with E-state index in [0.29, 0.717) is 31.7 Å². The maximum absolute atomic E-state index is 12.6. The number of nitrogens with zero attached hydrogens (tertiary/aromatic N) is 3. The van der Waals surface area contributed by atoms with Crippen molar-refractivity contribution in [2.45, 2.75) is 38.5 Å². The van der Waals surface area contributed by atoms with Crippen molar-refractivity contribution in [2.75, 3.05) is 32.7 Å². The van der Waals surface area contributed by atoms with Crippen molar-refractivity contribution in [2.24, 2.45) is 5.92 Å². The molecule has 1 heterocycles. The molecule has 30 heavy (non-hydrogen) atoms. The second-order valence-electron chi connectivity index (χ2n) is 7.85. The fourth-order valence-corrected chi connectivity index (χ4v) is 4.10. The molecule has 0 bridgehead atoms. The number of carbonyl (C=O) groups excluding carboxylic acids is 3. The van der Waals surface area contributed by atoms with Gasteiger partial charge in [-0.3, -0.25) is 24.5 Å². The quantitative estimate of drug-likeness (QED) is 0.563. The van der Waals surface area contributed by atoms with Gasteiger partial charge in [-0.05, 0) is 31.4 Å². The Morgan fingerprint density at radius 3 is 2.27 bits per heavy atom. The van der Waals surface area contributed by atoms with Crippen molar-refractivity contribution in [3.05, 3.63) is 39.9 Å². The predicted molar refractivity (Wildman–Crippen MR) is 110 cm³/mol. The molecule has 0 radical (unpaired) electrons. The van der Waals surface area contributed by atoms with E-state index in [1.807, 2.05) is 4.90 Å². The Bertz CT molecular complexity index is 789. The Kier molecular flexibility index (Phi) is 7.37. The highest BCUT2D eigenvalue weighted by Crippen LogP contribution is 2.27. The predicted octanol–water partition coefficient (Wildman–Crippen LogP) is 1.97. The summed E-state index contributed by atoms with van der Waals surface area (Å²) in [5.74, 6) is -0.0323. The smallest absolute Gasteiger partial charge is 0.269 e. The molecule has 0 spiro atoms. The van der Waals surface area contributed by atoms with Crippen molar-refractivity contribution in [1.29, 1.82) is 0 Å². The van der Waals surface area contributed by atoms with Crippen LogP contribution in [0.3, 0.4) is 0 Å². The number of benzene rings is 1. The van der Waals surface area contributed by atoms with Gasteiger partial charge in [0.1, 0.15) is 0 Å². The molecule has 9 nitrogen and oxygen atoms in total. The van der Waals surface area contributed by atoms with E-state index in [1.165, 1.54) is 24.3 Å². The number of nitro groups is 1. The first-order valence-electron chi connectivity index (χ1n) is 10.5. The number of nitrogens with one attached hydrogen (secondary N) is 1. The van der Waals surface area contributed by atoms with Crippen LogP contribution in [0.1, 0.15) is 48.9 Å². The SMILES string of the molecule is O=C(NCCC(=O)N1CCCN(C(=O)C2CCCC2)CC1)c1ccc([N+](=O)[O-])cc1. The van der Waals surface area contributed by atoms with Crippen molar-refractivity contribution in [3.63, 3.8) is 0 Å². The molecule has 1 saturated heterocycles. The molecule has 1 aromatic rings. The maximum Gasteiger partial charge on any atom is 0.269 e. The summed E-state index contributed by atoms with van der Waals surface area (Å²) in [6, 6.07) is 5.33. The average molecular weight is 416 g/mol. The minimum atomic E-state index is -0.524. The molecule has 2 fully saturated rings. The standard InChI is InChI=1S/C21H28N4O5/c26-19(10-11-22-20(27)16-6-8-18(9-7-16)25(29)30)23-12-3-13-24(15-14-23)21(28)17-4-1-2-5-17/h6-9,17H,1-5,10-15H2,(H,22,27). The summed E-state index contributed by atoms with van der Waals surface area (Å²) >= 11 is 0. The fourth-order valence-electron chi connectivity index (χ4n) is 4.10. The fraction of sp³-hybridized carbons (Fsp3) is 0.571. The molecule has 1 aromatic carbocycles. The molecule has 3 rings (SSSR count). The van der Waals surface area contributed by atoms with E-state index in [4.69, 9.17) is 0 Å². The van der Waals surface area contributed by atoms with Gasteiger partial charge in [0.15, 0.2) is 0 Å². The lowest BCUT2D eigenvalue weighted by atomic mass is 10.1. The summed E-state index contributed by atoms with van der Waals surface area (Å²) in [5, 5.41) is 13.3. The number of carbonyl (C=O) groups is 3. The van der Waals surface area contributed by atoms with Crippen molar-refractivity contribution in [3.8, 4) is 0 Å². The van der Waals surface area contributed by atoms with E-state index < -0.39 is 4.92 Å². The van der Waals surface area contributed by atoms with E-state index in [1.54, 1.807) is 4.90 Å². The van der Waals surface area contributed by atoms with Crippen LogP contribution < -0.4 is 5.32 Å². The first-order chi connectivity index (χ1) is 14.5. The summed E-state index contributed by atoms with van der Waals surface area (Å²) in [6.45, 7) is 2.58. The molecule has 0 atom stereocenters. The molecule has 162 valence electrons. The highest BCUT2D eigenvalue weighted by molar-refractivity contribution is 5.94. The zero-order valence-electron chi connectivity index (χ0n) is 17.0. The van der Waals surface area contributed by atoms with Crippen molar-refractivity contribution >= 4 is 23.4 Å². The third-order valence-corrected chi connectivity index (χ3v) is 5.83. The molecule has 0 aromatic heterocycles. The number of amides is 3. The zero-order valence-corrected chi connectivity index (χ0v) is 17.0. The Morgan fingerprint density at radius 2 is 1.60 bits per heavy atom. The highest BCUT2D eigenvalue weighted by atomic mass is 16.6. The van der Waals surface area contributed by atoms with Crippen LogP contribution in [0.15, 0.2) is 24.3 Å². The van der Waals surface area contributed by atoms with Crippen LogP contribution in [-0.4, -0.2) is 65.2 Å². The minimum absolute atomic E-state index is 0.0471. The Labute approximate surface area is 175 Å². The van der Waals surface area contributed by atoms with E-state index in [-0.39, 0.29) is 42.3 Å². The Morgan fingerprint density at radius 1 is 0.967 bits per heavy atom. The molecular weight excluding hydrogens is 388 g/mol. The lowest BCUT2D eigenvalue weighted by Crippen LogP contribution is -2.40. The van der Waals surface area contributed by atoms with Gasteiger partial charge in [0, 0.05) is 62.8 Å². The first kappa shape index (κ1) is 21.7. The Hall–Kier alpha value is -2.97. The maximum atomic E-state index is 12.6. The van der Waals surface area contributed by atoms with Gasteiger partial charge < -0.3 is 15.1 Å². The Balaban J connectivity index is 1.41. The summed E-state index contributed by atoms with van der Waals surface area (Å²) in [6.07, 6.45) is 5.15. The van der Waals surface area contributed by atoms with Gasteiger partial charge in [-0.2, -0.15) is 0 Å². The molecule has 3 amide bonds. The lowest BCUT2D eigenvalue weighted by molar-refractivity contribution is -0.384. The van der Waals surface area contributed by atoms with Crippen molar-refractivity contribution in [1.82, 2.24) is 15.1 Å². The minimum Gasteiger partial charge on any atom is -0.352 e. The summed E-state index contributed by atoms with van der Waals surface area (Å²) < 4.78 is 0. The summed E-state index contributed by atoms with van der Waals surface area (Å²) in [7, 11) is 0. The number of non-ortho nitro benzene ring substituents is 1. The molecular formula is C21H28N4O5. The topological polar surface area (TPSA) is 113 Å². The van der Waals surface area contributed by atoms with E-state index >= 15 is 0 Å². The number of hydrogen-bond acceptors (Lipinski definition) is 5. The van der Waals surface area contributed by atoms with Crippen LogP contribution in [0.25, 0.3) is 0 Å². The molecule has 9 heteroatoms. The monoisotopic (exact) mass is 416 g/mol. The van der Waals surface area contributed by atoms with Gasteiger partial charge in [0.2, 0.25) is 11.8 Å². The normalized spacial score (nSPS) is 17.5. The van der Waals surface area contributed by atoms with Gasteiger partial charge in [0.25, 0.3) is 11.6 Å². The van der Waals surface area contributed by atoms with Crippen LogP contribution >= 0.6 is 0 Å². The van der Waals surface area contributed by atoms with Crippen LogP contribution in [0.5, 0.6) is 0 Å². The lowest BCUT2D eigenvalue weighted by Gasteiger charge is -2.24. The third-order valence-electron chi connectivity index (χ3n) is 5.83. The number of rotatable bonds is 6. The van der Waals surface area contributed by atoms with Gasteiger partial charge in [0.05, 0.1) is 4.92 Å². The zero-order chi connectivity index (χ0) is 21.5. The average Bonchev–Trinajstić information content (AvgIpc) is 3.17. The van der Waals surface area contributed by atoms with Crippen LogP contribution in [0.2, 0.25) is 0 Å². The van der Waals surface area contributed by atoms with Gasteiger partial charge >= 0.3 is 0 Å². The van der Waals surface area contributed by atoms with Gasteiger partial charge in [-0.25, -0.2) is 0 Å². The molecule has 1 aliphatic heterocycles. The van der Waals surface area contributed by atoms with Crippen LogP contribution in [0.4, 0.5) is 5.69 Å². The molecule has 0 unspecified atom stereocenters. The molecule has 1 N–H and O–H groups in total. The van der Waals surface area contributed by atoms with Crippen LogP contribution in [0, 0.1) is 16.0 Å². The first-order valence-corrected chi connectivity index (χ1v) is 10.5. The third kappa shape index (κ3) is 5.55. The van der Waals surface area contributed by atoms with E-state index in [2.05, 4.69) is 5.32 Å². The summed E-state index contributed by atoms with van der Waals surface area (Å²) in [4.78, 5) is 51.1. The second-order valence-corrected chi connectivity index (χ2v) is 7.85. The largest absolute Gasteiger partial charge is 0.352 e. The molecule has 2 aliphatic rings. The molecule has 1 saturated carbocycles. The number of hydrogen-bond donors (Lipinski definition) is 1. The van der Waals surface area contributed by atoms with Gasteiger partial charge in [-0.15, -0.1) is 0 Å². The van der Waals surface area contributed by atoms with Crippen molar-refractivity contribution < 1.29 is 19.3 Å². The number of nitro benzene ring substituents is 1. The highest BCUT2D eigenvalue weighted by Gasteiger charge is 2.29. The van der Waals surface area contributed by atoms with Crippen LogP contribution in [-0.2, 0) is 9.59 Å². The van der Waals surface area contributed by atoms with E-state index in [9.17, 15) is 24.5 Å². The van der Waals surface area contributed by atoms with E-state index in [0.717, 1.165) is 32.1 Å². The second kappa shape index (κ2) is 10.2. The summed E-state index contributed by atoms with van der Waals surface area (Å²) in [5.41, 5.74) is 0.229. The van der Waals surface area contributed by atoms with Gasteiger partial charge in [-0.1, -0.05) is 12.8 Å². The molecule has 1 aliphatic carbocycles.